The predicted octanol–water partition coefficient (Wildman–Crippen LogP) is 7.35. The Labute approximate surface area is 200 Å². The Morgan fingerprint density at radius 3 is 2.17 bits per heavy atom. The molecular weight excluding hydrogens is 465 g/mol. The molecule has 0 aliphatic heterocycles. The molecule has 1 unspecified atom stereocenters. The summed E-state index contributed by atoms with van der Waals surface area (Å²) in [5, 5.41) is 12.4. The van der Waals surface area contributed by atoms with Gasteiger partial charge in [-0.2, -0.15) is 13.2 Å². The van der Waals surface area contributed by atoms with Crippen LogP contribution in [0.15, 0.2) is 60.7 Å². The third-order valence-corrected chi connectivity index (χ3v) is 5.60. The summed E-state index contributed by atoms with van der Waals surface area (Å²) in [6, 6.07) is 13.4. The molecule has 0 saturated carbocycles. The highest BCUT2D eigenvalue weighted by Gasteiger charge is 2.30. The maximum atomic E-state index is 13.4. The van der Waals surface area contributed by atoms with Gasteiger partial charge < -0.3 is 10.4 Å². The molecule has 2 N–H and O–H groups in total. The van der Waals surface area contributed by atoms with Gasteiger partial charge in [0.1, 0.15) is 11.6 Å². The van der Waals surface area contributed by atoms with E-state index in [1.54, 1.807) is 18.2 Å². The number of alkyl halides is 3. The van der Waals surface area contributed by atoms with E-state index in [2.05, 4.69) is 5.32 Å². The highest BCUT2D eigenvalue weighted by Crippen LogP contribution is 2.32. The minimum Gasteiger partial charge on any atom is -0.481 e. The number of halogens is 5. The summed E-state index contributed by atoms with van der Waals surface area (Å²) in [6.07, 6.45) is -2.55. The molecule has 0 spiro atoms. The number of carboxylic acids is 1. The minimum absolute atomic E-state index is 0.194. The van der Waals surface area contributed by atoms with Gasteiger partial charge >= 0.3 is 12.1 Å². The van der Waals surface area contributed by atoms with Gasteiger partial charge in [-0.1, -0.05) is 25.1 Å². The van der Waals surface area contributed by atoms with E-state index in [9.17, 15) is 31.9 Å². The standard InChI is InChI=1S/C27H26F5NO2/c1-17(9-18-11-23(28)16-24(29)12-18)3-2-8-33-25-13-19(14-26(34)35)10-21(15-25)20-4-6-22(7-5-20)27(30,31)32/h4-7,10-13,15-17,33H,2-3,8-9,14H2,1H3,(H,34,35). The third-order valence-electron chi connectivity index (χ3n) is 5.60. The molecular formula is C27H26F5NO2. The highest BCUT2D eigenvalue weighted by molar-refractivity contribution is 5.75. The fourth-order valence-electron chi connectivity index (χ4n) is 4.01. The zero-order chi connectivity index (χ0) is 25.6. The van der Waals surface area contributed by atoms with Crippen LogP contribution in [0.1, 0.15) is 36.5 Å². The van der Waals surface area contributed by atoms with Crippen LogP contribution in [0.25, 0.3) is 11.1 Å². The number of carbonyl (C=O) groups is 1. The minimum atomic E-state index is -4.43. The van der Waals surface area contributed by atoms with Crippen molar-refractivity contribution in [1.82, 2.24) is 0 Å². The summed E-state index contributed by atoms with van der Waals surface area (Å²) in [5.41, 5.74) is 2.20. The number of nitrogens with one attached hydrogen (secondary N) is 1. The van der Waals surface area contributed by atoms with Crippen LogP contribution in [0.3, 0.4) is 0 Å². The molecule has 0 saturated heterocycles. The summed E-state index contributed by atoms with van der Waals surface area (Å²) in [5.74, 6) is -2.01. The Hall–Kier alpha value is -3.42. The molecule has 0 aliphatic carbocycles. The van der Waals surface area contributed by atoms with Crippen molar-refractivity contribution < 1.29 is 31.9 Å². The van der Waals surface area contributed by atoms with Gasteiger partial charge in [0.05, 0.1) is 12.0 Å². The van der Waals surface area contributed by atoms with Crippen LogP contribution in [0, 0.1) is 17.6 Å². The fourth-order valence-corrected chi connectivity index (χ4v) is 4.01. The van der Waals surface area contributed by atoms with Crippen molar-refractivity contribution in [2.24, 2.45) is 5.92 Å². The van der Waals surface area contributed by atoms with Gasteiger partial charge in [-0.15, -0.1) is 0 Å². The number of benzene rings is 3. The summed E-state index contributed by atoms with van der Waals surface area (Å²) < 4.78 is 65.4. The van der Waals surface area contributed by atoms with Gasteiger partial charge in [0.2, 0.25) is 0 Å². The van der Waals surface area contributed by atoms with Crippen LogP contribution in [0.2, 0.25) is 0 Å². The first-order chi connectivity index (χ1) is 16.5. The number of hydrogen-bond acceptors (Lipinski definition) is 2. The van der Waals surface area contributed by atoms with E-state index in [0.717, 1.165) is 31.0 Å². The highest BCUT2D eigenvalue weighted by atomic mass is 19.4. The first kappa shape index (κ1) is 26.2. The monoisotopic (exact) mass is 491 g/mol. The van der Waals surface area contributed by atoms with E-state index in [1.165, 1.54) is 24.3 Å². The summed E-state index contributed by atoms with van der Waals surface area (Å²) in [6.45, 7) is 2.57. The molecule has 0 aliphatic rings. The van der Waals surface area contributed by atoms with Crippen LogP contribution < -0.4 is 5.32 Å². The van der Waals surface area contributed by atoms with Gasteiger partial charge in [0.25, 0.3) is 0 Å². The topological polar surface area (TPSA) is 49.3 Å². The van der Waals surface area contributed by atoms with Crippen molar-refractivity contribution in [3.05, 3.63) is 89.0 Å². The van der Waals surface area contributed by atoms with Gasteiger partial charge in [-0.25, -0.2) is 8.78 Å². The van der Waals surface area contributed by atoms with Crippen molar-refractivity contribution in [1.29, 1.82) is 0 Å². The molecule has 3 nitrogen and oxygen atoms in total. The number of carboxylic acid groups (broad SMARTS) is 1. The molecule has 1 atom stereocenters. The number of aliphatic carboxylic acids is 1. The molecule has 0 bridgehead atoms. The summed E-state index contributed by atoms with van der Waals surface area (Å²) in [4.78, 5) is 11.2. The van der Waals surface area contributed by atoms with Crippen LogP contribution in [0.5, 0.6) is 0 Å². The second-order valence-corrected chi connectivity index (χ2v) is 8.72. The van der Waals surface area contributed by atoms with Gasteiger partial charge in [0.15, 0.2) is 0 Å². The Balaban J connectivity index is 1.64. The summed E-state index contributed by atoms with van der Waals surface area (Å²) >= 11 is 0. The van der Waals surface area contributed by atoms with Gasteiger partial charge in [-0.05, 0) is 83.8 Å². The van der Waals surface area contributed by atoms with E-state index in [0.29, 0.717) is 40.9 Å². The zero-order valence-electron chi connectivity index (χ0n) is 19.1. The molecule has 0 amide bonds. The molecule has 3 aromatic carbocycles. The summed E-state index contributed by atoms with van der Waals surface area (Å²) in [7, 11) is 0. The van der Waals surface area contributed by atoms with E-state index < -0.39 is 29.3 Å². The number of rotatable bonds is 10. The van der Waals surface area contributed by atoms with Crippen molar-refractivity contribution in [3.63, 3.8) is 0 Å². The maximum absolute atomic E-state index is 13.4. The van der Waals surface area contributed by atoms with E-state index in [1.807, 2.05) is 6.92 Å². The molecule has 8 heteroatoms. The number of anilines is 1. The van der Waals surface area contributed by atoms with Crippen LogP contribution in [-0.2, 0) is 23.8 Å². The van der Waals surface area contributed by atoms with Crippen molar-refractivity contribution in [3.8, 4) is 11.1 Å². The molecule has 0 fully saturated rings. The maximum Gasteiger partial charge on any atom is 0.416 e. The van der Waals surface area contributed by atoms with E-state index >= 15 is 0 Å². The van der Waals surface area contributed by atoms with Gasteiger partial charge in [0, 0.05) is 18.3 Å². The zero-order valence-corrected chi connectivity index (χ0v) is 19.1. The Bertz CT molecular complexity index is 1140. The fraction of sp³-hybridized carbons (Fsp3) is 0.296. The van der Waals surface area contributed by atoms with E-state index in [-0.39, 0.29) is 12.3 Å². The molecule has 3 rings (SSSR count). The lowest BCUT2D eigenvalue weighted by atomic mass is 9.96. The first-order valence-electron chi connectivity index (χ1n) is 11.2. The second kappa shape index (κ2) is 11.3. The van der Waals surface area contributed by atoms with Crippen LogP contribution in [-0.4, -0.2) is 17.6 Å². The molecule has 35 heavy (non-hydrogen) atoms. The Kier molecular flexibility index (Phi) is 8.48. The molecule has 0 aromatic heterocycles. The largest absolute Gasteiger partial charge is 0.481 e. The van der Waals surface area contributed by atoms with Crippen molar-refractivity contribution >= 4 is 11.7 Å². The smallest absolute Gasteiger partial charge is 0.416 e. The quantitative estimate of drug-likeness (QED) is 0.230. The van der Waals surface area contributed by atoms with Crippen molar-refractivity contribution in [2.45, 2.75) is 38.8 Å². The Morgan fingerprint density at radius 1 is 0.914 bits per heavy atom. The number of hydrogen-bond donors (Lipinski definition) is 2. The lowest BCUT2D eigenvalue weighted by Gasteiger charge is -2.14. The Morgan fingerprint density at radius 2 is 1.57 bits per heavy atom. The second-order valence-electron chi connectivity index (χ2n) is 8.72. The van der Waals surface area contributed by atoms with Crippen LogP contribution in [0.4, 0.5) is 27.6 Å². The lowest BCUT2D eigenvalue weighted by molar-refractivity contribution is -0.138. The lowest BCUT2D eigenvalue weighted by Crippen LogP contribution is -2.07. The molecule has 0 radical (unpaired) electrons. The van der Waals surface area contributed by atoms with Gasteiger partial charge in [-0.3, -0.25) is 4.79 Å². The average molecular weight is 492 g/mol. The molecule has 186 valence electrons. The first-order valence-corrected chi connectivity index (χ1v) is 11.2. The molecule has 0 heterocycles. The third kappa shape index (κ3) is 8.09. The average Bonchev–Trinajstić information content (AvgIpc) is 2.75. The van der Waals surface area contributed by atoms with Crippen LogP contribution >= 0.6 is 0 Å². The predicted molar refractivity (Wildman–Crippen MR) is 125 cm³/mol. The van der Waals surface area contributed by atoms with Crippen molar-refractivity contribution in [2.75, 3.05) is 11.9 Å². The molecule has 3 aromatic rings. The van der Waals surface area contributed by atoms with E-state index in [4.69, 9.17) is 0 Å². The normalized spacial score (nSPS) is 12.4. The SMILES string of the molecule is CC(CCCNc1cc(CC(=O)O)cc(-c2ccc(C(F)(F)F)cc2)c1)Cc1cc(F)cc(F)c1.